The van der Waals surface area contributed by atoms with Gasteiger partial charge in [0.15, 0.2) is 0 Å². The van der Waals surface area contributed by atoms with Gasteiger partial charge >= 0.3 is 0 Å². The second kappa shape index (κ2) is 3.85. The van der Waals surface area contributed by atoms with Gasteiger partial charge in [-0.25, -0.2) is 4.39 Å². The molecule has 1 rings (SSSR count). The van der Waals surface area contributed by atoms with Crippen LogP contribution >= 0.6 is 0 Å². The Balaban J connectivity index is 3.01. The second-order valence-electron chi connectivity index (χ2n) is 3.33. The molecule has 13 heavy (non-hydrogen) atoms. The molecule has 0 aliphatic heterocycles. The molecule has 0 bridgehead atoms. The Bertz CT molecular complexity index is 279. The van der Waals surface area contributed by atoms with Crippen molar-refractivity contribution in [3.63, 3.8) is 0 Å². The minimum absolute atomic E-state index is 0.314. The summed E-state index contributed by atoms with van der Waals surface area (Å²) in [6.45, 7) is 3.38. The molecule has 2 atom stereocenters. The van der Waals surface area contributed by atoms with Gasteiger partial charge in [-0.2, -0.15) is 0 Å². The lowest BCUT2D eigenvalue weighted by Gasteiger charge is -2.15. The molecule has 2 nitrogen and oxygen atoms in total. The van der Waals surface area contributed by atoms with E-state index in [0.29, 0.717) is 5.56 Å². The number of aliphatic hydroxyl groups is 1. The zero-order valence-electron chi connectivity index (χ0n) is 7.79. The van der Waals surface area contributed by atoms with E-state index in [4.69, 9.17) is 5.73 Å². The molecule has 0 aliphatic rings. The van der Waals surface area contributed by atoms with Crippen LogP contribution in [0, 0.1) is 12.7 Å². The zero-order valence-corrected chi connectivity index (χ0v) is 7.79. The largest absolute Gasteiger partial charge is 0.391 e. The average molecular weight is 183 g/mol. The van der Waals surface area contributed by atoms with Crippen LogP contribution in [0.25, 0.3) is 0 Å². The molecule has 1 aromatic carbocycles. The quantitative estimate of drug-likeness (QED) is 0.730. The summed E-state index contributed by atoms with van der Waals surface area (Å²) in [5, 5.41) is 9.21. The van der Waals surface area contributed by atoms with E-state index < -0.39 is 12.1 Å². The Morgan fingerprint density at radius 1 is 1.38 bits per heavy atom. The van der Waals surface area contributed by atoms with Crippen LogP contribution in [0.1, 0.15) is 24.1 Å². The van der Waals surface area contributed by atoms with Gasteiger partial charge in [-0.3, -0.25) is 0 Å². The average Bonchev–Trinajstić information content (AvgIpc) is 2.01. The second-order valence-corrected chi connectivity index (χ2v) is 3.33. The van der Waals surface area contributed by atoms with Crippen LogP contribution in [-0.4, -0.2) is 11.2 Å². The number of halogens is 1. The lowest BCUT2D eigenvalue weighted by Crippen LogP contribution is -2.23. The van der Waals surface area contributed by atoms with Gasteiger partial charge < -0.3 is 10.8 Å². The van der Waals surface area contributed by atoms with Crippen molar-refractivity contribution in [3.05, 3.63) is 35.1 Å². The van der Waals surface area contributed by atoms with Crippen LogP contribution in [0.15, 0.2) is 18.2 Å². The van der Waals surface area contributed by atoms with Crippen LogP contribution in [-0.2, 0) is 0 Å². The molecule has 1 aromatic rings. The number of rotatable bonds is 2. The van der Waals surface area contributed by atoms with Crippen molar-refractivity contribution < 1.29 is 9.50 Å². The van der Waals surface area contributed by atoms with Crippen LogP contribution in [0.4, 0.5) is 4.39 Å². The van der Waals surface area contributed by atoms with Gasteiger partial charge in [-0.15, -0.1) is 0 Å². The van der Waals surface area contributed by atoms with E-state index in [0.717, 1.165) is 5.56 Å². The van der Waals surface area contributed by atoms with Crippen molar-refractivity contribution >= 4 is 0 Å². The molecule has 0 spiro atoms. The maximum atomic E-state index is 12.9. The van der Waals surface area contributed by atoms with Crippen LogP contribution in [0.5, 0.6) is 0 Å². The third-order valence-corrected chi connectivity index (χ3v) is 1.97. The third-order valence-electron chi connectivity index (χ3n) is 1.97. The number of aliphatic hydroxyl groups excluding tert-OH is 1. The van der Waals surface area contributed by atoms with Crippen LogP contribution in [0.2, 0.25) is 0 Å². The Morgan fingerprint density at radius 2 is 2.00 bits per heavy atom. The van der Waals surface area contributed by atoms with Gasteiger partial charge in [0.25, 0.3) is 0 Å². The number of hydrogen-bond donors (Lipinski definition) is 2. The summed E-state index contributed by atoms with van der Waals surface area (Å²) in [6, 6.07) is 4.04. The van der Waals surface area contributed by atoms with Gasteiger partial charge in [0.2, 0.25) is 0 Å². The first-order chi connectivity index (χ1) is 6.00. The lowest BCUT2D eigenvalue weighted by atomic mass is 10.0. The third kappa shape index (κ3) is 2.50. The fourth-order valence-electron chi connectivity index (χ4n) is 1.24. The van der Waals surface area contributed by atoms with Crippen molar-refractivity contribution in [2.24, 2.45) is 5.73 Å². The lowest BCUT2D eigenvalue weighted by molar-refractivity contribution is 0.164. The van der Waals surface area contributed by atoms with E-state index in [2.05, 4.69) is 0 Å². The molecule has 0 aliphatic carbocycles. The molecule has 3 heteroatoms. The minimum atomic E-state index is -0.666. The molecular weight excluding hydrogens is 169 g/mol. The smallest absolute Gasteiger partial charge is 0.123 e. The van der Waals surface area contributed by atoms with Crippen molar-refractivity contribution in [1.82, 2.24) is 0 Å². The molecule has 0 saturated heterocycles. The summed E-state index contributed by atoms with van der Waals surface area (Å²) in [7, 11) is 0. The van der Waals surface area contributed by atoms with Crippen LogP contribution < -0.4 is 5.73 Å². The fraction of sp³-hybridized carbons (Fsp3) is 0.400. The number of nitrogens with two attached hydrogens (primary N) is 1. The molecule has 0 fully saturated rings. The molecule has 0 saturated carbocycles. The van der Waals surface area contributed by atoms with E-state index >= 15 is 0 Å². The van der Waals surface area contributed by atoms with E-state index in [1.54, 1.807) is 19.9 Å². The Hall–Kier alpha value is -0.930. The number of hydrogen-bond acceptors (Lipinski definition) is 2. The monoisotopic (exact) mass is 183 g/mol. The number of aryl methyl sites for hydroxylation is 1. The molecular formula is C10H14FNO. The van der Waals surface area contributed by atoms with Gasteiger partial charge in [0.05, 0.1) is 12.1 Å². The zero-order chi connectivity index (χ0) is 10.0. The highest BCUT2D eigenvalue weighted by molar-refractivity contribution is 5.26. The van der Waals surface area contributed by atoms with E-state index in [-0.39, 0.29) is 5.82 Å². The highest BCUT2D eigenvalue weighted by Crippen LogP contribution is 2.17. The van der Waals surface area contributed by atoms with Gasteiger partial charge in [0, 0.05) is 0 Å². The topological polar surface area (TPSA) is 46.2 Å². The van der Waals surface area contributed by atoms with Crippen molar-refractivity contribution in [2.75, 3.05) is 0 Å². The molecule has 3 N–H and O–H groups in total. The summed E-state index contributed by atoms with van der Waals surface area (Å²) >= 11 is 0. The molecule has 0 unspecified atom stereocenters. The van der Waals surface area contributed by atoms with Gasteiger partial charge in [-0.05, 0) is 37.1 Å². The van der Waals surface area contributed by atoms with Crippen LogP contribution in [0.3, 0.4) is 0 Å². The summed E-state index contributed by atoms with van der Waals surface area (Å²) in [4.78, 5) is 0. The molecule has 0 radical (unpaired) electrons. The predicted octanol–water partition coefficient (Wildman–Crippen LogP) is 1.51. The van der Waals surface area contributed by atoms with Gasteiger partial charge in [0.1, 0.15) is 5.82 Å². The Kier molecular flexibility index (Phi) is 3.01. The van der Waals surface area contributed by atoms with E-state index in [1.807, 2.05) is 0 Å². The highest BCUT2D eigenvalue weighted by atomic mass is 19.1. The van der Waals surface area contributed by atoms with Gasteiger partial charge in [-0.1, -0.05) is 6.07 Å². The Labute approximate surface area is 77.2 Å². The normalized spacial score (nSPS) is 15.5. The highest BCUT2D eigenvalue weighted by Gasteiger charge is 2.12. The molecule has 0 amide bonds. The van der Waals surface area contributed by atoms with E-state index in [9.17, 15) is 9.50 Å². The summed E-state index contributed by atoms with van der Waals surface area (Å²) in [5.74, 6) is -0.314. The maximum absolute atomic E-state index is 12.9. The summed E-state index contributed by atoms with van der Waals surface area (Å²) < 4.78 is 12.9. The number of benzene rings is 1. The molecule has 0 aromatic heterocycles. The minimum Gasteiger partial charge on any atom is -0.391 e. The standard InChI is InChI=1S/C10H14FNO/c1-6-3-8(5-9(11)4-6)10(12)7(2)13/h3-5,7,10,13H,12H2,1-2H3/t7-,10-/m1/s1. The SMILES string of the molecule is Cc1cc(F)cc([C@H](N)[C@@H](C)O)c1. The maximum Gasteiger partial charge on any atom is 0.123 e. The summed E-state index contributed by atoms with van der Waals surface area (Å²) in [6.07, 6.45) is -0.666. The Morgan fingerprint density at radius 3 is 2.46 bits per heavy atom. The predicted molar refractivity (Wildman–Crippen MR) is 49.7 cm³/mol. The first-order valence-electron chi connectivity index (χ1n) is 4.21. The summed E-state index contributed by atoms with van der Waals surface area (Å²) in [5.41, 5.74) is 7.10. The van der Waals surface area contributed by atoms with E-state index in [1.165, 1.54) is 12.1 Å². The fourth-order valence-corrected chi connectivity index (χ4v) is 1.24. The molecule has 72 valence electrons. The molecule has 0 heterocycles. The van der Waals surface area contributed by atoms with Crippen molar-refractivity contribution in [2.45, 2.75) is 26.0 Å². The first-order valence-corrected chi connectivity index (χ1v) is 4.21. The first kappa shape index (κ1) is 10.2. The van der Waals surface area contributed by atoms with Crippen molar-refractivity contribution in [3.8, 4) is 0 Å². The van der Waals surface area contributed by atoms with Crippen molar-refractivity contribution in [1.29, 1.82) is 0 Å².